The molecule has 1 fully saturated rings. The third-order valence-electron chi connectivity index (χ3n) is 6.79. The van der Waals surface area contributed by atoms with Crippen LogP contribution in [0.2, 0.25) is 0 Å². The largest absolute Gasteiger partial charge is 0.586 e. The van der Waals surface area contributed by atoms with Crippen LogP contribution in [0.15, 0.2) is 53.4 Å². The molecule has 1 unspecified atom stereocenters. The van der Waals surface area contributed by atoms with Crippen LogP contribution >= 0.6 is 0 Å². The average Bonchev–Trinajstić information content (AvgIpc) is 3.49. The molecule has 1 amide bonds. The Balaban J connectivity index is 1.37. The lowest BCUT2D eigenvalue weighted by Crippen LogP contribution is -2.40. The molecule has 1 aromatic rings. The van der Waals surface area contributed by atoms with Crippen molar-refractivity contribution in [3.05, 3.63) is 59.0 Å². The smallest absolute Gasteiger partial charge is 0.395 e. The van der Waals surface area contributed by atoms with Crippen LogP contribution in [0.3, 0.4) is 0 Å². The molecular formula is C27H28F2N2O5. The molecule has 0 spiro atoms. The van der Waals surface area contributed by atoms with Gasteiger partial charge in [-0.2, -0.15) is 0 Å². The minimum Gasteiger partial charge on any atom is -0.395 e. The monoisotopic (exact) mass is 498 g/mol. The van der Waals surface area contributed by atoms with Crippen LogP contribution in [0.5, 0.6) is 11.5 Å². The minimum absolute atomic E-state index is 0.0592. The molecule has 190 valence electrons. The summed E-state index contributed by atoms with van der Waals surface area (Å²) in [6.45, 7) is 6.06. The summed E-state index contributed by atoms with van der Waals surface area (Å²) in [5.74, 6) is 5.79. The number of amides is 1. The fourth-order valence-corrected chi connectivity index (χ4v) is 4.82. The zero-order valence-electron chi connectivity index (χ0n) is 20.3. The number of β-amino-alcohol motifs (C(OH)–C–C–N with tert-alkyl or cyclic N) is 1. The fourth-order valence-electron chi connectivity index (χ4n) is 4.82. The third kappa shape index (κ3) is 4.36. The number of aliphatic hydroxyl groups excluding tert-OH is 2. The second-order valence-corrected chi connectivity index (χ2v) is 10.6. The van der Waals surface area contributed by atoms with E-state index in [2.05, 4.69) is 47.4 Å². The van der Waals surface area contributed by atoms with Crippen molar-refractivity contribution in [1.29, 1.82) is 0 Å². The topological polar surface area (TPSA) is 91.3 Å². The Morgan fingerprint density at radius 3 is 2.64 bits per heavy atom. The molecule has 36 heavy (non-hydrogen) atoms. The fraction of sp³-hybridized carbons (Fsp3) is 0.444. The lowest BCUT2D eigenvalue weighted by molar-refractivity contribution is -0.286. The van der Waals surface area contributed by atoms with Gasteiger partial charge in [-0.1, -0.05) is 38.7 Å². The van der Waals surface area contributed by atoms with E-state index in [-0.39, 0.29) is 42.0 Å². The standard InChI is InChI=1S/C27H28F2N2O5/c1-25(2,3)23-12-16-11-18(5-4-6-20(16)31(23)14-19(33)15-32)30-24(34)26(9-10-26)17-7-8-21-22(13-17)36-27(28,29)35-21/h5,7-8,11-13,19-20,32-33H,9-10,14-15H2,1-3H3,(H,30,34)/t19-,20?/m1/s1. The van der Waals surface area contributed by atoms with E-state index in [1.807, 2.05) is 17.1 Å². The summed E-state index contributed by atoms with van der Waals surface area (Å²) in [6.07, 6.45) is 2.02. The van der Waals surface area contributed by atoms with E-state index in [9.17, 15) is 23.8 Å². The van der Waals surface area contributed by atoms with Gasteiger partial charge in [0.1, 0.15) is 6.04 Å². The summed E-state index contributed by atoms with van der Waals surface area (Å²) in [7, 11) is 0. The number of hydrogen-bond acceptors (Lipinski definition) is 6. The highest BCUT2D eigenvalue weighted by atomic mass is 19.3. The number of nitrogens with zero attached hydrogens (tertiary/aromatic N) is 1. The van der Waals surface area contributed by atoms with Gasteiger partial charge in [0.25, 0.3) is 0 Å². The minimum atomic E-state index is -3.71. The van der Waals surface area contributed by atoms with Crippen LogP contribution in [0.1, 0.15) is 39.2 Å². The molecule has 0 radical (unpaired) electrons. The van der Waals surface area contributed by atoms with Gasteiger partial charge < -0.3 is 29.9 Å². The number of nitrogens with one attached hydrogen (secondary N) is 1. The summed E-state index contributed by atoms with van der Waals surface area (Å²) >= 11 is 0. The molecule has 2 heterocycles. The first-order valence-electron chi connectivity index (χ1n) is 11.8. The number of carbonyl (C=O) groups is 1. The zero-order chi connectivity index (χ0) is 25.9. The molecule has 5 rings (SSSR count). The lowest BCUT2D eigenvalue weighted by Gasteiger charge is -2.35. The van der Waals surface area contributed by atoms with Crippen molar-refractivity contribution in [3.8, 4) is 23.3 Å². The van der Waals surface area contributed by atoms with Crippen molar-refractivity contribution in [2.45, 2.75) is 57.5 Å². The van der Waals surface area contributed by atoms with Crippen LogP contribution in [0, 0.1) is 17.3 Å². The predicted octanol–water partition coefficient (Wildman–Crippen LogP) is 2.95. The number of carbonyl (C=O) groups excluding carboxylic acids is 1. The van der Waals surface area contributed by atoms with Gasteiger partial charge in [0.2, 0.25) is 5.91 Å². The van der Waals surface area contributed by atoms with Crippen molar-refractivity contribution < 1.29 is 33.3 Å². The summed E-state index contributed by atoms with van der Waals surface area (Å²) in [4.78, 5) is 15.4. The van der Waals surface area contributed by atoms with E-state index in [4.69, 9.17) is 0 Å². The van der Waals surface area contributed by atoms with Gasteiger partial charge in [-0.15, -0.1) is 8.78 Å². The second-order valence-electron chi connectivity index (χ2n) is 10.6. The maximum Gasteiger partial charge on any atom is 0.586 e. The van der Waals surface area contributed by atoms with E-state index < -0.39 is 17.8 Å². The van der Waals surface area contributed by atoms with E-state index in [0.29, 0.717) is 24.1 Å². The number of benzene rings is 1. The maximum atomic E-state index is 13.4. The van der Waals surface area contributed by atoms with Crippen molar-refractivity contribution in [3.63, 3.8) is 0 Å². The number of aliphatic hydroxyl groups is 2. The van der Waals surface area contributed by atoms with Gasteiger partial charge in [-0.3, -0.25) is 4.79 Å². The number of fused-ring (bicyclic) bond motifs is 2. The second kappa shape index (κ2) is 8.36. The highest BCUT2D eigenvalue weighted by molar-refractivity contribution is 5.93. The first-order valence-corrected chi connectivity index (χ1v) is 11.8. The number of hydrogen-bond donors (Lipinski definition) is 3. The Morgan fingerprint density at radius 2 is 1.97 bits per heavy atom. The normalized spacial score (nSPS) is 23.4. The summed E-state index contributed by atoms with van der Waals surface area (Å²) < 4.78 is 35.9. The molecule has 2 atom stereocenters. The first kappa shape index (κ1) is 24.3. The average molecular weight is 499 g/mol. The molecule has 2 aliphatic carbocycles. The quantitative estimate of drug-likeness (QED) is 0.523. The number of allylic oxidation sites excluding steroid dienone is 3. The van der Waals surface area contributed by atoms with Crippen molar-refractivity contribution >= 4 is 5.91 Å². The number of alkyl halides is 2. The van der Waals surface area contributed by atoms with E-state index >= 15 is 0 Å². The Hall–Kier alpha value is -3.35. The highest BCUT2D eigenvalue weighted by Crippen LogP contribution is 2.52. The SMILES string of the molecule is CC(C)(C)C1=CC2=CC(NC(=O)C3(c4ccc5c(c4)OC(F)(F)O5)CC3)=CC#CC2N1C[C@@H](O)CO. The number of ether oxygens (including phenoxy) is 2. The lowest BCUT2D eigenvalue weighted by atomic mass is 9.91. The van der Waals surface area contributed by atoms with Gasteiger partial charge in [0.05, 0.1) is 18.1 Å². The number of rotatable bonds is 6. The van der Waals surface area contributed by atoms with Crippen LogP contribution in [-0.4, -0.2) is 52.6 Å². The molecule has 1 saturated carbocycles. The van der Waals surface area contributed by atoms with Crippen molar-refractivity contribution in [2.75, 3.05) is 13.2 Å². The van der Waals surface area contributed by atoms with E-state index in [1.54, 1.807) is 12.1 Å². The molecule has 9 heteroatoms. The predicted molar refractivity (Wildman–Crippen MR) is 127 cm³/mol. The Morgan fingerprint density at radius 1 is 1.25 bits per heavy atom. The molecular weight excluding hydrogens is 470 g/mol. The van der Waals surface area contributed by atoms with Gasteiger partial charge >= 0.3 is 6.29 Å². The molecule has 0 aromatic heterocycles. The molecule has 0 saturated heterocycles. The maximum absolute atomic E-state index is 13.4. The summed E-state index contributed by atoms with van der Waals surface area (Å²) in [6, 6.07) is 4.13. The summed E-state index contributed by atoms with van der Waals surface area (Å²) in [5, 5.41) is 22.4. The van der Waals surface area contributed by atoms with Crippen LogP contribution in [0.4, 0.5) is 8.78 Å². The molecule has 0 bridgehead atoms. The van der Waals surface area contributed by atoms with Gasteiger partial charge in [0, 0.05) is 29.4 Å². The molecule has 3 N–H and O–H groups in total. The summed E-state index contributed by atoms with van der Waals surface area (Å²) in [5.41, 5.74) is 1.89. The molecule has 1 aromatic carbocycles. The first-order chi connectivity index (χ1) is 16.9. The Bertz CT molecular complexity index is 1260. The van der Waals surface area contributed by atoms with Crippen molar-refractivity contribution in [1.82, 2.24) is 10.2 Å². The Labute approximate surface area is 208 Å². The van der Waals surface area contributed by atoms with Gasteiger partial charge in [-0.05, 0) is 48.3 Å². The van der Waals surface area contributed by atoms with Crippen LogP contribution < -0.4 is 14.8 Å². The van der Waals surface area contributed by atoms with E-state index in [0.717, 1.165) is 11.3 Å². The van der Waals surface area contributed by atoms with Crippen LogP contribution in [-0.2, 0) is 10.2 Å². The number of halogens is 2. The molecule has 7 nitrogen and oxygen atoms in total. The molecule has 2 aliphatic heterocycles. The van der Waals surface area contributed by atoms with E-state index in [1.165, 1.54) is 12.1 Å². The van der Waals surface area contributed by atoms with Crippen molar-refractivity contribution in [2.24, 2.45) is 5.41 Å². The third-order valence-corrected chi connectivity index (χ3v) is 6.79. The zero-order valence-corrected chi connectivity index (χ0v) is 20.3. The van der Waals surface area contributed by atoms with Crippen LogP contribution in [0.25, 0.3) is 0 Å². The Kier molecular flexibility index (Phi) is 5.65. The van der Waals surface area contributed by atoms with Gasteiger partial charge in [0.15, 0.2) is 11.5 Å². The highest BCUT2D eigenvalue weighted by Gasteiger charge is 2.53. The van der Waals surface area contributed by atoms with Gasteiger partial charge in [-0.25, -0.2) is 0 Å². The molecule has 4 aliphatic rings.